The lowest BCUT2D eigenvalue weighted by Gasteiger charge is -2.08. The third-order valence-corrected chi connectivity index (χ3v) is 5.51. The second kappa shape index (κ2) is 8.39. The number of halogens is 1. The SMILES string of the molecule is COc1ccc(-c2nc(C)c(C(=O)NCc3ccc(F)c(C)c3)s2)cc1OC. The molecule has 0 bridgehead atoms. The van der Waals surface area contributed by atoms with Crippen molar-refractivity contribution in [2.45, 2.75) is 20.4 Å². The third kappa shape index (κ3) is 4.14. The normalized spacial score (nSPS) is 10.6. The summed E-state index contributed by atoms with van der Waals surface area (Å²) in [5.41, 5.74) is 2.90. The molecule has 5 nitrogen and oxygen atoms in total. The van der Waals surface area contributed by atoms with Gasteiger partial charge in [-0.25, -0.2) is 9.37 Å². The first kappa shape index (κ1) is 19.8. The van der Waals surface area contributed by atoms with E-state index in [1.165, 1.54) is 17.4 Å². The standard InChI is InChI=1S/C21H21FN2O3S/c1-12-9-14(5-7-16(12)22)11-23-20(25)19-13(2)24-21(28-19)15-6-8-17(26-3)18(10-15)27-4/h5-10H,11H2,1-4H3,(H,23,25). The molecule has 0 atom stereocenters. The van der Waals surface area contributed by atoms with E-state index in [4.69, 9.17) is 9.47 Å². The minimum atomic E-state index is -0.257. The highest BCUT2D eigenvalue weighted by Crippen LogP contribution is 2.35. The number of carbonyl (C=O) groups is 1. The third-order valence-electron chi connectivity index (χ3n) is 4.31. The molecule has 0 spiro atoms. The van der Waals surface area contributed by atoms with Crippen molar-refractivity contribution in [3.8, 4) is 22.1 Å². The highest BCUT2D eigenvalue weighted by atomic mass is 32.1. The van der Waals surface area contributed by atoms with Crippen molar-refractivity contribution in [3.63, 3.8) is 0 Å². The first-order valence-electron chi connectivity index (χ1n) is 8.66. The van der Waals surface area contributed by atoms with Crippen LogP contribution in [0.4, 0.5) is 4.39 Å². The Balaban J connectivity index is 1.77. The molecule has 0 unspecified atom stereocenters. The highest BCUT2D eigenvalue weighted by Gasteiger charge is 2.17. The molecule has 0 aliphatic carbocycles. The van der Waals surface area contributed by atoms with Gasteiger partial charge in [0.05, 0.1) is 19.9 Å². The van der Waals surface area contributed by atoms with Crippen molar-refractivity contribution in [2.75, 3.05) is 14.2 Å². The Kier molecular flexibility index (Phi) is 5.94. The van der Waals surface area contributed by atoms with E-state index in [0.717, 1.165) is 16.1 Å². The largest absolute Gasteiger partial charge is 0.493 e. The monoisotopic (exact) mass is 400 g/mol. The van der Waals surface area contributed by atoms with Gasteiger partial charge in [-0.05, 0) is 49.2 Å². The summed E-state index contributed by atoms with van der Waals surface area (Å²) < 4.78 is 24.0. The van der Waals surface area contributed by atoms with Gasteiger partial charge in [-0.3, -0.25) is 4.79 Å². The second-order valence-electron chi connectivity index (χ2n) is 6.27. The van der Waals surface area contributed by atoms with Gasteiger partial charge in [0, 0.05) is 12.1 Å². The number of thiazole rings is 1. The van der Waals surface area contributed by atoms with Crippen LogP contribution in [0.3, 0.4) is 0 Å². The Morgan fingerprint density at radius 3 is 2.54 bits per heavy atom. The van der Waals surface area contributed by atoms with Gasteiger partial charge in [-0.2, -0.15) is 0 Å². The molecule has 146 valence electrons. The maximum Gasteiger partial charge on any atom is 0.263 e. The number of hydrogen-bond donors (Lipinski definition) is 1. The molecule has 0 saturated carbocycles. The van der Waals surface area contributed by atoms with Gasteiger partial charge in [0.2, 0.25) is 0 Å². The Morgan fingerprint density at radius 1 is 1.11 bits per heavy atom. The molecular weight excluding hydrogens is 379 g/mol. The van der Waals surface area contributed by atoms with Gasteiger partial charge >= 0.3 is 0 Å². The van der Waals surface area contributed by atoms with Crippen molar-refractivity contribution < 1.29 is 18.7 Å². The van der Waals surface area contributed by atoms with Crippen molar-refractivity contribution in [1.82, 2.24) is 10.3 Å². The molecule has 3 aromatic rings. The smallest absolute Gasteiger partial charge is 0.263 e. The highest BCUT2D eigenvalue weighted by molar-refractivity contribution is 7.17. The van der Waals surface area contributed by atoms with E-state index in [2.05, 4.69) is 10.3 Å². The lowest BCUT2D eigenvalue weighted by Crippen LogP contribution is -2.22. The van der Waals surface area contributed by atoms with Crippen molar-refractivity contribution in [3.05, 3.63) is 63.9 Å². The maximum absolute atomic E-state index is 13.4. The number of carbonyl (C=O) groups excluding carboxylic acids is 1. The number of benzene rings is 2. The van der Waals surface area contributed by atoms with E-state index in [-0.39, 0.29) is 11.7 Å². The first-order chi connectivity index (χ1) is 13.4. The number of nitrogens with one attached hydrogen (secondary N) is 1. The number of ether oxygens (including phenoxy) is 2. The number of aromatic nitrogens is 1. The van der Waals surface area contributed by atoms with E-state index in [1.54, 1.807) is 40.2 Å². The van der Waals surface area contributed by atoms with Crippen LogP contribution in [0.25, 0.3) is 10.6 Å². The average molecular weight is 400 g/mol. The van der Waals surface area contributed by atoms with Crippen LogP contribution < -0.4 is 14.8 Å². The number of aryl methyl sites for hydroxylation is 2. The molecule has 0 saturated heterocycles. The Morgan fingerprint density at radius 2 is 1.86 bits per heavy atom. The van der Waals surface area contributed by atoms with Crippen LogP contribution in [0.5, 0.6) is 11.5 Å². The number of nitrogens with zero attached hydrogens (tertiary/aromatic N) is 1. The Bertz CT molecular complexity index is 1020. The maximum atomic E-state index is 13.4. The molecule has 0 radical (unpaired) electrons. The van der Waals surface area contributed by atoms with Crippen LogP contribution in [-0.2, 0) is 6.54 Å². The van der Waals surface area contributed by atoms with Crippen LogP contribution in [0.1, 0.15) is 26.5 Å². The van der Waals surface area contributed by atoms with Crippen molar-refractivity contribution in [2.24, 2.45) is 0 Å². The summed E-state index contributed by atoms with van der Waals surface area (Å²) in [6.07, 6.45) is 0. The Hall–Kier alpha value is -2.93. The predicted octanol–water partition coefficient (Wildman–Crippen LogP) is 4.51. The van der Waals surface area contributed by atoms with Crippen LogP contribution in [0.15, 0.2) is 36.4 Å². The molecule has 1 amide bonds. The molecule has 0 fully saturated rings. The van der Waals surface area contributed by atoms with Gasteiger partial charge in [-0.1, -0.05) is 12.1 Å². The molecule has 7 heteroatoms. The van der Waals surface area contributed by atoms with E-state index in [1.807, 2.05) is 18.2 Å². The minimum absolute atomic E-state index is 0.205. The minimum Gasteiger partial charge on any atom is -0.493 e. The quantitative estimate of drug-likeness (QED) is 0.661. The molecular formula is C21H21FN2O3S. The lowest BCUT2D eigenvalue weighted by molar-refractivity contribution is 0.0954. The zero-order valence-electron chi connectivity index (χ0n) is 16.1. The summed E-state index contributed by atoms with van der Waals surface area (Å²) >= 11 is 1.31. The fourth-order valence-corrected chi connectivity index (χ4v) is 3.76. The van der Waals surface area contributed by atoms with E-state index in [0.29, 0.717) is 34.2 Å². The molecule has 2 aromatic carbocycles. The number of amides is 1. The molecule has 1 aromatic heterocycles. The average Bonchev–Trinajstić information content (AvgIpc) is 3.09. The fourth-order valence-electron chi connectivity index (χ4n) is 2.78. The Labute approximate surface area is 167 Å². The zero-order chi connectivity index (χ0) is 20.3. The van der Waals surface area contributed by atoms with E-state index >= 15 is 0 Å². The summed E-state index contributed by atoms with van der Waals surface area (Å²) in [7, 11) is 3.15. The molecule has 1 heterocycles. The molecule has 0 aliphatic rings. The topological polar surface area (TPSA) is 60.5 Å². The number of methoxy groups -OCH3 is 2. The summed E-state index contributed by atoms with van der Waals surface area (Å²) in [6, 6.07) is 10.3. The molecule has 28 heavy (non-hydrogen) atoms. The van der Waals surface area contributed by atoms with E-state index < -0.39 is 0 Å². The number of rotatable bonds is 6. The lowest BCUT2D eigenvalue weighted by atomic mass is 10.1. The second-order valence-corrected chi connectivity index (χ2v) is 7.27. The zero-order valence-corrected chi connectivity index (χ0v) is 16.9. The first-order valence-corrected chi connectivity index (χ1v) is 9.47. The summed E-state index contributed by atoms with van der Waals surface area (Å²) in [5, 5.41) is 3.60. The van der Waals surface area contributed by atoms with Gasteiger partial charge in [0.25, 0.3) is 5.91 Å². The molecule has 3 rings (SSSR count). The number of hydrogen-bond acceptors (Lipinski definition) is 5. The van der Waals surface area contributed by atoms with Crippen LogP contribution >= 0.6 is 11.3 Å². The molecule has 0 aliphatic heterocycles. The van der Waals surface area contributed by atoms with Crippen molar-refractivity contribution >= 4 is 17.2 Å². The van der Waals surface area contributed by atoms with Gasteiger partial charge in [0.15, 0.2) is 11.5 Å². The summed E-state index contributed by atoms with van der Waals surface area (Å²) in [6.45, 7) is 3.82. The summed E-state index contributed by atoms with van der Waals surface area (Å²) in [4.78, 5) is 17.7. The van der Waals surface area contributed by atoms with Crippen LogP contribution in [0.2, 0.25) is 0 Å². The van der Waals surface area contributed by atoms with Gasteiger partial charge in [-0.15, -0.1) is 11.3 Å². The fraction of sp³-hybridized carbons (Fsp3) is 0.238. The van der Waals surface area contributed by atoms with E-state index in [9.17, 15) is 9.18 Å². The van der Waals surface area contributed by atoms with Crippen LogP contribution in [-0.4, -0.2) is 25.1 Å². The van der Waals surface area contributed by atoms with Gasteiger partial charge < -0.3 is 14.8 Å². The molecule has 1 N–H and O–H groups in total. The van der Waals surface area contributed by atoms with Crippen molar-refractivity contribution in [1.29, 1.82) is 0 Å². The van der Waals surface area contributed by atoms with Gasteiger partial charge in [0.1, 0.15) is 15.7 Å². The van der Waals surface area contributed by atoms with Crippen LogP contribution in [0, 0.1) is 19.7 Å². The summed E-state index contributed by atoms with van der Waals surface area (Å²) in [5.74, 6) is 0.772. The predicted molar refractivity (Wildman–Crippen MR) is 108 cm³/mol.